The average molecular weight is 767 g/mol. The Bertz CT molecular complexity index is 3440. The van der Waals surface area contributed by atoms with E-state index in [1.54, 1.807) is 0 Å². The number of aromatic nitrogens is 8. The first kappa shape index (κ1) is 33.7. The molecular formula is C52H30N8. The van der Waals surface area contributed by atoms with E-state index in [2.05, 4.69) is 96.0 Å². The molecule has 12 rings (SSSR count). The van der Waals surface area contributed by atoms with E-state index in [9.17, 15) is 0 Å². The Morgan fingerprint density at radius 3 is 1.40 bits per heavy atom. The number of nitrogens with zero attached hydrogens (tertiary/aromatic N) is 8. The standard InChI is InChI=1S/C52H30N8/c1-2-9-31(10-3-1)50-58-51(36-17-16-32-23-33-11-4-18-53-43(33)30-37(32)24-36)60-52(59-50)40-26-38(46-41-14-7-19-54-44(41)28-34-12-5-21-56-48(34)46)25-39(27-40)47-42-15-8-20-55-45(42)29-35-13-6-22-57-49(35)47/h1-30H. The highest BCUT2D eigenvalue weighted by atomic mass is 15.0. The Hall–Kier alpha value is -8.36. The van der Waals surface area contributed by atoms with Crippen LogP contribution in [0.25, 0.3) is 122 Å². The monoisotopic (exact) mass is 766 g/mol. The predicted molar refractivity (Wildman–Crippen MR) is 241 cm³/mol. The van der Waals surface area contributed by atoms with E-state index in [-0.39, 0.29) is 0 Å². The van der Waals surface area contributed by atoms with Crippen molar-refractivity contribution in [3.05, 3.63) is 183 Å². The van der Waals surface area contributed by atoms with Gasteiger partial charge in [0.1, 0.15) is 0 Å². The molecular weight excluding hydrogens is 737 g/mol. The van der Waals surface area contributed by atoms with Crippen molar-refractivity contribution in [2.24, 2.45) is 0 Å². The summed E-state index contributed by atoms with van der Waals surface area (Å²) in [5, 5.41) is 7.25. The molecule has 6 heterocycles. The van der Waals surface area contributed by atoms with Crippen molar-refractivity contribution < 1.29 is 0 Å². The minimum absolute atomic E-state index is 0.536. The van der Waals surface area contributed by atoms with Gasteiger partial charge < -0.3 is 0 Å². The van der Waals surface area contributed by atoms with Gasteiger partial charge in [0.05, 0.1) is 27.6 Å². The van der Waals surface area contributed by atoms with E-state index < -0.39 is 0 Å². The maximum Gasteiger partial charge on any atom is 0.164 e. The smallest absolute Gasteiger partial charge is 0.164 e. The van der Waals surface area contributed by atoms with Crippen LogP contribution in [-0.4, -0.2) is 39.9 Å². The van der Waals surface area contributed by atoms with Crippen LogP contribution in [0.15, 0.2) is 183 Å². The first-order chi connectivity index (χ1) is 29.7. The van der Waals surface area contributed by atoms with Crippen molar-refractivity contribution in [2.75, 3.05) is 0 Å². The molecule has 6 aromatic heterocycles. The van der Waals surface area contributed by atoms with Gasteiger partial charge in [-0.3, -0.25) is 24.9 Å². The summed E-state index contributed by atoms with van der Waals surface area (Å²) >= 11 is 0. The summed E-state index contributed by atoms with van der Waals surface area (Å²) in [5.74, 6) is 1.68. The van der Waals surface area contributed by atoms with Crippen LogP contribution in [0.3, 0.4) is 0 Å². The fraction of sp³-hybridized carbons (Fsp3) is 0. The highest BCUT2D eigenvalue weighted by Crippen LogP contribution is 2.42. The number of benzene rings is 6. The van der Waals surface area contributed by atoms with Gasteiger partial charge in [0.15, 0.2) is 17.5 Å². The molecule has 0 aliphatic rings. The molecule has 0 amide bonds. The zero-order valence-corrected chi connectivity index (χ0v) is 31.9. The Balaban J connectivity index is 1.17. The summed E-state index contributed by atoms with van der Waals surface area (Å²) < 4.78 is 0. The average Bonchev–Trinajstić information content (AvgIpc) is 3.31. The Morgan fingerprint density at radius 2 is 0.767 bits per heavy atom. The molecule has 8 nitrogen and oxygen atoms in total. The van der Waals surface area contributed by atoms with Crippen molar-refractivity contribution in [2.45, 2.75) is 0 Å². The zero-order valence-electron chi connectivity index (χ0n) is 31.9. The van der Waals surface area contributed by atoms with Gasteiger partial charge in [-0.25, -0.2) is 15.0 Å². The Morgan fingerprint density at radius 1 is 0.267 bits per heavy atom. The maximum absolute atomic E-state index is 5.29. The van der Waals surface area contributed by atoms with Crippen molar-refractivity contribution in [1.82, 2.24) is 39.9 Å². The van der Waals surface area contributed by atoms with Crippen LogP contribution in [0.5, 0.6) is 0 Å². The van der Waals surface area contributed by atoms with Crippen molar-refractivity contribution in [3.8, 4) is 56.4 Å². The molecule has 60 heavy (non-hydrogen) atoms. The molecule has 278 valence electrons. The van der Waals surface area contributed by atoms with Crippen LogP contribution < -0.4 is 0 Å². The number of hydrogen-bond acceptors (Lipinski definition) is 8. The maximum atomic E-state index is 5.29. The van der Waals surface area contributed by atoms with Crippen LogP contribution in [-0.2, 0) is 0 Å². The molecule has 0 atom stereocenters. The highest BCUT2D eigenvalue weighted by Gasteiger charge is 2.20. The second-order valence-corrected chi connectivity index (χ2v) is 14.9. The van der Waals surface area contributed by atoms with E-state index in [0.717, 1.165) is 104 Å². The van der Waals surface area contributed by atoms with E-state index in [1.165, 1.54) is 0 Å². The molecule has 12 aromatic rings. The van der Waals surface area contributed by atoms with Gasteiger partial charge in [-0.1, -0.05) is 72.8 Å². The van der Waals surface area contributed by atoms with Crippen LogP contribution in [0.4, 0.5) is 0 Å². The molecule has 0 N–H and O–H groups in total. The molecule has 6 aromatic carbocycles. The van der Waals surface area contributed by atoms with Crippen LogP contribution in [0, 0.1) is 0 Å². The summed E-state index contributed by atoms with van der Waals surface area (Å²) in [6, 6.07) is 51.8. The van der Waals surface area contributed by atoms with Crippen molar-refractivity contribution in [1.29, 1.82) is 0 Å². The third-order valence-electron chi connectivity index (χ3n) is 11.2. The topological polar surface area (TPSA) is 103 Å². The molecule has 0 saturated carbocycles. The zero-order chi connectivity index (χ0) is 39.6. The number of fused-ring (bicyclic) bond motifs is 6. The number of hydrogen-bond donors (Lipinski definition) is 0. The fourth-order valence-corrected chi connectivity index (χ4v) is 8.46. The van der Waals surface area contributed by atoms with Crippen LogP contribution in [0.2, 0.25) is 0 Å². The SMILES string of the molecule is c1ccc(-c2nc(-c3cc(-c4c5cccnc5cc5cccnc45)cc(-c4c5cccnc5cc5cccnc45)c3)nc(-c3ccc4cc5cccnc5cc4c3)n2)cc1. The summed E-state index contributed by atoms with van der Waals surface area (Å²) in [5.41, 5.74) is 10.9. The van der Waals surface area contributed by atoms with Crippen LogP contribution >= 0.6 is 0 Å². The second kappa shape index (κ2) is 13.6. The fourth-order valence-electron chi connectivity index (χ4n) is 8.46. The molecule has 8 heteroatoms. The minimum atomic E-state index is 0.536. The van der Waals surface area contributed by atoms with Crippen LogP contribution in [0.1, 0.15) is 0 Å². The van der Waals surface area contributed by atoms with Gasteiger partial charge >= 0.3 is 0 Å². The lowest BCUT2D eigenvalue weighted by molar-refractivity contribution is 1.07. The minimum Gasteiger partial charge on any atom is -0.256 e. The van der Waals surface area contributed by atoms with Gasteiger partial charge in [-0.2, -0.15) is 0 Å². The second-order valence-electron chi connectivity index (χ2n) is 14.9. The van der Waals surface area contributed by atoms with Gasteiger partial charge in [-0.05, 0) is 101 Å². The lowest BCUT2D eigenvalue weighted by Crippen LogP contribution is -2.01. The summed E-state index contributed by atoms with van der Waals surface area (Å²) in [4.78, 5) is 39.8. The normalized spacial score (nSPS) is 11.7. The largest absolute Gasteiger partial charge is 0.256 e. The number of rotatable bonds is 5. The van der Waals surface area contributed by atoms with Crippen molar-refractivity contribution >= 4 is 65.3 Å². The first-order valence-corrected chi connectivity index (χ1v) is 19.7. The van der Waals surface area contributed by atoms with E-state index in [0.29, 0.717) is 17.5 Å². The predicted octanol–water partition coefficient (Wildman–Crippen LogP) is 12.1. The molecule has 0 radical (unpaired) electrons. The van der Waals surface area contributed by atoms with Gasteiger partial charge in [-0.15, -0.1) is 0 Å². The van der Waals surface area contributed by atoms with Gasteiger partial charge in [0, 0.05) is 85.7 Å². The highest BCUT2D eigenvalue weighted by molar-refractivity contribution is 6.13. The molecule has 0 unspecified atom stereocenters. The summed E-state index contributed by atoms with van der Waals surface area (Å²) in [7, 11) is 0. The Kier molecular flexibility index (Phi) is 7.67. The van der Waals surface area contributed by atoms with E-state index >= 15 is 0 Å². The summed E-state index contributed by atoms with van der Waals surface area (Å²) in [6.07, 6.45) is 9.19. The quantitative estimate of drug-likeness (QED) is 0.160. The molecule has 0 saturated heterocycles. The van der Waals surface area contributed by atoms with Crippen molar-refractivity contribution in [3.63, 3.8) is 0 Å². The first-order valence-electron chi connectivity index (χ1n) is 19.7. The molecule has 0 aliphatic carbocycles. The van der Waals surface area contributed by atoms with E-state index in [4.69, 9.17) is 34.9 Å². The Labute approximate surface area is 343 Å². The summed E-state index contributed by atoms with van der Waals surface area (Å²) in [6.45, 7) is 0. The molecule has 0 bridgehead atoms. The third kappa shape index (κ3) is 5.69. The molecule has 0 fully saturated rings. The molecule has 0 aliphatic heterocycles. The third-order valence-corrected chi connectivity index (χ3v) is 11.2. The lowest BCUT2D eigenvalue weighted by Gasteiger charge is -2.16. The molecule has 0 spiro atoms. The van der Waals surface area contributed by atoms with Gasteiger partial charge in [0.2, 0.25) is 0 Å². The van der Waals surface area contributed by atoms with E-state index in [1.807, 2.05) is 91.6 Å². The lowest BCUT2D eigenvalue weighted by atomic mass is 9.90. The van der Waals surface area contributed by atoms with Gasteiger partial charge in [0.25, 0.3) is 0 Å². The number of pyridine rings is 5.